The van der Waals surface area contributed by atoms with Crippen molar-refractivity contribution in [2.75, 3.05) is 19.6 Å². The molecule has 7 N–H and O–H groups in total. The summed E-state index contributed by atoms with van der Waals surface area (Å²) in [5.41, 5.74) is 10.6. The monoisotopic (exact) mass is 357 g/mol. The third kappa shape index (κ3) is 6.75. The van der Waals surface area contributed by atoms with Gasteiger partial charge in [0.25, 0.3) is 0 Å². The van der Waals surface area contributed by atoms with Crippen molar-refractivity contribution in [2.45, 2.75) is 37.8 Å². The van der Waals surface area contributed by atoms with Crippen LogP contribution in [0.1, 0.15) is 25.7 Å². The van der Waals surface area contributed by atoms with Crippen molar-refractivity contribution in [3.8, 4) is 0 Å². The van der Waals surface area contributed by atoms with E-state index < -0.39 is 48.2 Å². The number of likely N-dealkylation sites (tertiary alicyclic amines) is 1. The van der Waals surface area contributed by atoms with E-state index in [4.69, 9.17) is 16.6 Å². The molecule has 11 heteroatoms. The Labute approximate surface area is 144 Å². The Morgan fingerprint density at radius 2 is 1.84 bits per heavy atom. The van der Waals surface area contributed by atoms with Crippen molar-refractivity contribution in [1.29, 1.82) is 0 Å². The highest BCUT2D eigenvalue weighted by molar-refractivity contribution is 5.92. The van der Waals surface area contributed by atoms with Gasteiger partial charge in [0.15, 0.2) is 0 Å². The molecule has 1 aliphatic heterocycles. The van der Waals surface area contributed by atoms with Crippen LogP contribution in [-0.2, 0) is 24.0 Å². The molecule has 1 saturated heterocycles. The van der Waals surface area contributed by atoms with Crippen molar-refractivity contribution in [2.24, 2.45) is 11.5 Å². The molecule has 0 aromatic carbocycles. The van der Waals surface area contributed by atoms with Gasteiger partial charge in [0, 0.05) is 13.0 Å². The van der Waals surface area contributed by atoms with Gasteiger partial charge in [0.1, 0.15) is 12.6 Å². The molecule has 1 heterocycles. The summed E-state index contributed by atoms with van der Waals surface area (Å²) in [5.74, 6) is -3.37. The van der Waals surface area contributed by atoms with Crippen molar-refractivity contribution in [3.63, 3.8) is 0 Å². The van der Waals surface area contributed by atoms with Gasteiger partial charge in [-0.05, 0) is 19.3 Å². The largest absolute Gasteiger partial charge is 0.480 e. The minimum atomic E-state index is -1.18. The summed E-state index contributed by atoms with van der Waals surface area (Å²) in [6, 6.07) is -1.72. The summed E-state index contributed by atoms with van der Waals surface area (Å²) in [4.78, 5) is 58.3. The standard InChI is InChI=1S/C14H23N5O6/c15-8(3-4-10(16)20)13(24)17-6-11(21)19-5-1-2-9(19)14(25)18-7-12(22)23/h8-9H,1-7,15H2,(H2,16,20)(H,17,24)(H,18,25)(H,22,23). The third-order valence-corrected chi connectivity index (χ3v) is 3.74. The summed E-state index contributed by atoms with van der Waals surface area (Å²) in [6.45, 7) is -0.526. The molecule has 2 atom stereocenters. The molecular weight excluding hydrogens is 334 g/mol. The Kier molecular flexibility index (Phi) is 7.79. The van der Waals surface area contributed by atoms with Crippen LogP contribution in [0.3, 0.4) is 0 Å². The average molecular weight is 357 g/mol. The van der Waals surface area contributed by atoms with E-state index in [1.807, 2.05) is 0 Å². The number of aliphatic carboxylic acids is 1. The molecular formula is C14H23N5O6. The van der Waals surface area contributed by atoms with Crippen LogP contribution in [0.4, 0.5) is 0 Å². The number of nitrogens with one attached hydrogen (secondary N) is 2. The zero-order valence-corrected chi connectivity index (χ0v) is 13.7. The van der Waals surface area contributed by atoms with Crippen molar-refractivity contribution in [3.05, 3.63) is 0 Å². The smallest absolute Gasteiger partial charge is 0.322 e. The van der Waals surface area contributed by atoms with E-state index >= 15 is 0 Å². The first-order chi connectivity index (χ1) is 11.7. The molecule has 0 aliphatic carbocycles. The Balaban J connectivity index is 2.47. The van der Waals surface area contributed by atoms with Gasteiger partial charge in [-0.3, -0.25) is 24.0 Å². The molecule has 0 saturated carbocycles. The lowest BCUT2D eigenvalue weighted by atomic mass is 10.1. The molecule has 1 rings (SSSR count). The first-order valence-electron chi connectivity index (χ1n) is 7.83. The number of carboxylic acid groups (broad SMARTS) is 1. The highest BCUT2D eigenvalue weighted by Gasteiger charge is 2.34. The van der Waals surface area contributed by atoms with E-state index in [0.29, 0.717) is 19.4 Å². The van der Waals surface area contributed by atoms with Crippen LogP contribution in [0.5, 0.6) is 0 Å². The van der Waals surface area contributed by atoms with E-state index in [0.717, 1.165) is 0 Å². The maximum absolute atomic E-state index is 12.2. The number of hydrogen-bond acceptors (Lipinski definition) is 6. The second-order valence-corrected chi connectivity index (χ2v) is 5.69. The maximum Gasteiger partial charge on any atom is 0.322 e. The Hall–Kier alpha value is -2.69. The molecule has 0 spiro atoms. The SMILES string of the molecule is NC(=O)CCC(N)C(=O)NCC(=O)N1CCCC1C(=O)NCC(=O)O. The molecule has 11 nitrogen and oxygen atoms in total. The first-order valence-corrected chi connectivity index (χ1v) is 7.83. The molecule has 2 unspecified atom stereocenters. The quantitative estimate of drug-likeness (QED) is 0.289. The number of carbonyl (C=O) groups is 5. The van der Waals surface area contributed by atoms with Gasteiger partial charge in [-0.25, -0.2) is 0 Å². The fourth-order valence-corrected chi connectivity index (χ4v) is 2.44. The van der Waals surface area contributed by atoms with Crippen molar-refractivity contribution >= 4 is 29.6 Å². The van der Waals surface area contributed by atoms with E-state index in [2.05, 4.69) is 10.6 Å². The molecule has 0 aromatic rings. The van der Waals surface area contributed by atoms with Crippen LogP contribution in [0.2, 0.25) is 0 Å². The number of amides is 4. The second-order valence-electron chi connectivity index (χ2n) is 5.69. The van der Waals surface area contributed by atoms with Crippen LogP contribution >= 0.6 is 0 Å². The van der Waals surface area contributed by atoms with Crippen LogP contribution in [-0.4, -0.2) is 71.3 Å². The van der Waals surface area contributed by atoms with Crippen LogP contribution in [0.25, 0.3) is 0 Å². The van der Waals surface area contributed by atoms with Crippen LogP contribution < -0.4 is 22.1 Å². The Bertz CT molecular complexity index is 552. The second kappa shape index (κ2) is 9.57. The molecule has 0 aromatic heterocycles. The van der Waals surface area contributed by atoms with Crippen molar-refractivity contribution in [1.82, 2.24) is 15.5 Å². The normalized spacial score (nSPS) is 17.6. The predicted molar refractivity (Wildman–Crippen MR) is 84.8 cm³/mol. The van der Waals surface area contributed by atoms with E-state index in [9.17, 15) is 24.0 Å². The molecule has 1 aliphatic rings. The predicted octanol–water partition coefficient (Wildman–Crippen LogP) is -3.11. The summed E-state index contributed by atoms with van der Waals surface area (Å²) in [6.07, 6.45) is 1.05. The van der Waals surface area contributed by atoms with E-state index in [1.54, 1.807) is 0 Å². The average Bonchev–Trinajstić information content (AvgIpc) is 3.04. The van der Waals surface area contributed by atoms with Crippen LogP contribution in [0.15, 0.2) is 0 Å². The lowest BCUT2D eigenvalue weighted by molar-refractivity contribution is -0.141. The number of nitrogens with two attached hydrogens (primary N) is 2. The van der Waals surface area contributed by atoms with E-state index in [-0.39, 0.29) is 19.4 Å². The van der Waals surface area contributed by atoms with Gasteiger partial charge in [0.05, 0.1) is 12.6 Å². The number of carboxylic acids is 1. The molecule has 0 bridgehead atoms. The van der Waals surface area contributed by atoms with Gasteiger partial charge < -0.3 is 32.1 Å². The fraction of sp³-hybridized carbons (Fsp3) is 0.643. The lowest BCUT2D eigenvalue weighted by Gasteiger charge is -2.24. The third-order valence-electron chi connectivity index (χ3n) is 3.74. The molecule has 0 radical (unpaired) electrons. The number of rotatable bonds is 9. The summed E-state index contributed by atoms with van der Waals surface area (Å²) in [7, 11) is 0. The molecule has 1 fully saturated rings. The number of primary amides is 1. The zero-order valence-electron chi connectivity index (χ0n) is 13.7. The summed E-state index contributed by atoms with van der Waals surface area (Å²) < 4.78 is 0. The summed E-state index contributed by atoms with van der Waals surface area (Å²) in [5, 5.41) is 13.2. The number of nitrogens with zero attached hydrogens (tertiary/aromatic N) is 1. The lowest BCUT2D eigenvalue weighted by Crippen LogP contribution is -2.51. The minimum absolute atomic E-state index is 0.0412. The zero-order chi connectivity index (χ0) is 19.0. The van der Waals surface area contributed by atoms with Gasteiger partial charge in [-0.2, -0.15) is 0 Å². The van der Waals surface area contributed by atoms with Gasteiger partial charge in [0.2, 0.25) is 23.6 Å². The fourth-order valence-electron chi connectivity index (χ4n) is 2.44. The number of carbonyl (C=O) groups excluding carboxylic acids is 4. The molecule has 140 valence electrons. The van der Waals surface area contributed by atoms with Crippen molar-refractivity contribution < 1.29 is 29.1 Å². The molecule has 4 amide bonds. The van der Waals surface area contributed by atoms with E-state index in [1.165, 1.54) is 4.90 Å². The number of hydrogen-bond donors (Lipinski definition) is 5. The molecule has 25 heavy (non-hydrogen) atoms. The first kappa shape index (κ1) is 20.4. The van der Waals surface area contributed by atoms with Gasteiger partial charge in [-0.15, -0.1) is 0 Å². The van der Waals surface area contributed by atoms with Gasteiger partial charge >= 0.3 is 5.97 Å². The van der Waals surface area contributed by atoms with Crippen LogP contribution in [0, 0.1) is 0 Å². The Morgan fingerprint density at radius 3 is 2.44 bits per heavy atom. The van der Waals surface area contributed by atoms with Gasteiger partial charge in [-0.1, -0.05) is 0 Å². The summed E-state index contributed by atoms with van der Waals surface area (Å²) >= 11 is 0. The topological polar surface area (TPSA) is 185 Å². The maximum atomic E-state index is 12.2. The Morgan fingerprint density at radius 1 is 1.16 bits per heavy atom. The highest BCUT2D eigenvalue weighted by atomic mass is 16.4. The minimum Gasteiger partial charge on any atom is -0.480 e. The highest BCUT2D eigenvalue weighted by Crippen LogP contribution is 2.17.